The molecule has 1 aliphatic heterocycles. The maximum Gasteiger partial charge on any atom is 0.433 e. The number of likely N-dealkylation sites (tertiary alicyclic amines) is 1. The van der Waals surface area contributed by atoms with E-state index in [-0.39, 0.29) is 6.04 Å². The molecule has 1 fully saturated rings. The van der Waals surface area contributed by atoms with Gasteiger partial charge in [0.2, 0.25) is 0 Å². The van der Waals surface area contributed by atoms with Crippen molar-refractivity contribution in [3.63, 3.8) is 0 Å². The molecule has 0 aliphatic carbocycles. The van der Waals surface area contributed by atoms with Crippen LogP contribution in [-0.2, 0) is 6.18 Å². The highest BCUT2D eigenvalue weighted by Gasteiger charge is 2.33. The molecule has 1 atom stereocenters. The lowest BCUT2D eigenvalue weighted by Gasteiger charge is -2.33. The number of furan rings is 1. The van der Waals surface area contributed by atoms with E-state index in [4.69, 9.17) is 4.42 Å². The number of hydrogen-bond donors (Lipinski definition) is 1. The minimum absolute atomic E-state index is 0.0310. The van der Waals surface area contributed by atoms with Crippen molar-refractivity contribution in [2.75, 3.05) is 25.0 Å². The Morgan fingerprint density at radius 3 is 2.57 bits per heavy atom. The van der Waals surface area contributed by atoms with Gasteiger partial charge in [-0.05, 0) is 50.2 Å². The number of nitrogens with zero attached hydrogens (tertiary/aromatic N) is 2. The smallest absolute Gasteiger partial charge is 0.433 e. The Hall–Kier alpha value is -2.54. The van der Waals surface area contributed by atoms with Crippen molar-refractivity contribution in [3.05, 3.63) is 60.2 Å². The quantitative estimate of drug-likeness (QED) is 0.627. The fourth-order valence-corrected chi connectivity index (χ4v) is 3.79. The SMILES string of the molecule is FC(F)(F)c1cc(NCC(c2ccco2)N2CCCCC2)c2ccccc2n1. The molecule has 1 aromatic carbocycles. The summed E-state index contributed by atoms with van der Waals surface area (Å²) in [6.07, 6.45) is 0.587. The predicted octanol–water partition coefficient (Wildman–Crippen LogP) is 5.49. The first kappa shape index (κ1) is 18.8. The Labute approximate surface area is 161 Å². The van der Waals surface area contributed by atoms with Crippen LogP contribution in [0.15, 0.2) is 53.1 Å². The zero-order valence-electron chi connectivity index (χ0n) is 15.4. The lowest BCUT2D eigenvalue weighted by atomic mass is 10.1. The third-order valence-corrected chi connectivity index (χ3v) is 5.20. The number of halogens is 3. The number of rotatable bonds is 5. The predicted molar refractivity (Wildman–Crippen MR) is 102 cm³/mol. The molecule has 3 heterocycles. The van der Waals surface area contributed by atoms with E-state index >= 15 is 0 Å². The van der Waals surface area contributed by atoms with Crippen LogP contribution in [0.3, 0.4) is 0 Å². The molecule has 2 aromatic heterocycles. The fraction of sp³-hybridized carbons (Fsp3) is 0.381. The van der Waals surface area contributed by atoms with Gasteiger partial charge < -0.3 is 9.73 Å². The minimum atomic E-state index is -4.49. The van der Waals surface area contributed by atoms with Crippen LogP contribution in [0.2, 0.25) is 0 Å². The molecule has 1 aliphatic rings. The number of alkyl halides is 3. The van der Waals surface area contributed by atoms with Crippen LogP contribution in [0, 0.1) is 0 Å². The van der Waals surface area contributed by atoms with Gasteiger partial charge in [0.25, 0.3) is 0 Å². The summed E-state index contributed by atoms with van der Waals surface area (Å²) in [6, 6.07) is 11.7. The molecular weight excluding hydrogens is 367 g/mol. The third kappa shape index (κ3) is 3.99. The number of nitrogens with one attached hydrogen (secondary N) is 1. The Morgan fingerprint density at radius 2 is 1.86 bits per heavy atom. The Morgan fingerprint density at radius 1 is 1.07 bits per heavy atom. The number of aromatic nitrogens is 1. The van der Waals surface area contributed by atoms with Crippen molar-refractivity contribution >= 4 is 16.6 Å². The first-order chi connectivity index (χ1) is 13.5. The molecule has 28 heavy (non-hydrogen) atoms. The molecule has 0 radical (unpaired) electrons. The van der Waals surface area contributed by atoms with Gasteiger partial charge in [-0.1, -0.05) is 24.6 Å². The topological polar surface area (TPSA) is 41.3 Å². The maximum absolute atomic E-state index is 13.3. The second kappa shape index (κ2) is 7.83. The second-order valence-electron chi connectivity index (χ2n) is 7.08. The average molecular weight is 389 g/mol. The van der Waals surface area contributed by atoms with Gasteiger partial charge in [0.15, 0.2) is 0 Å². The molecule has 4 rings (SSSR count). The highest BCUT2D eigenvalue weighted by molar-refractivity contribution is 5.91. The van der Waals surface area contributed by atoms with E-state index in [2.05, 4.69) is 15.2 Å². The van der Waals surface area contributed by atoms with E-state index in [0.717, 1.165) is 37.8 Å². The van der Waals surface area contributed by atoms with Crippen molar-refractivity contribution in [2.24, 2.45) is 0 Å². The van der Waals surface area contributed by atoms with E-state index < -0.39 is 11.9 Å². The van der Waals surface area contributed by atoms with Gasteiger partial charge in [-0.2, -0.15) is 13.2 Å². The average Bonchev–Trinajstić information content (AvgIpc) is 3.22. The summed E-state index contributed by atoms with van der Waals surface area (Å²) in [7, 11) is 0. The second-order valence-corrected chi connectivity index (χ2v) is 7.08. The number of benzene rings is 1. The molecule has 3 aromatic rings. The van der Waals surface area contributed by atoms with Crippen LogP contribution in [-0.4, -0.2) is 29.5 Å². The fourth-order valence-electron chi connectivity index (χ4n) is 3.79. The first-order valence-electron chi connectivity index (χ1n) is 9.51. The lowest BCUT2D eigenvalue weighted by molar-refractivity contribution is -0.140. The molecule has 148 valence electrons. The molecule has 1 unspecified atom stereocenters. The van der Waals surface area contributed by atoms with Crippen LogP contribution in [0.25, 0.3) is 10.9 Å². The number of pyridine rings is 1. The zero-order valence-corrected chi connectivity index (χ0v) is 15.4. The van der Waals surface area contributed by atoms with Crippen LogP contribution in [0.1, 0.15) is 36.8 Å². The molecule has 4 nitrogen and oxygen atoms in total. The number of hydrogen-bond acceptors (Lipinski definition) is 4. The summed E-state index contributed by atoms with van der Waals surface area (Å²) >= 11 is 0. The van der Waals surface area contributed by atoms with Gasteiger partial charge in [-0.25, -0.2) is 4.98 Å². The first-order valence-corrected chi connectivity index (χ1v) is 9.51. The number of piperidine rings is 1. The number of anilines is 1. The van der Waals surface area contributed by atoms with Crippen molar-refractivity contribution in [3.8, 4) is 0 Å². The zero-order chi connectivity index (χ0) is 19.6. The van der Waals surface area contributed by atoms with Crippen LogP contribution in [0.5, 0.6) is 0 Å². The maximum atomic E-state index is 13.3. The summed E-state index contributed by atoms with van der Waals surface area (Å²) < 4.78 is 45.5. The van der Waals surface area contributed by atoms with Crippen LogP contribution >= 0.6 is 0 Å². The van der Waals surface area contributed by atoms with Gasteiger partial charge in [-0.15, -0.1) is 0 Å². The molecule has 0 spiro atoms. The van der Waals surface area contributed by atoms with Gasteiger partial charge in [0.05, 0.1) is 17.8 Å². The highest BCUT2D eigenvalue weighted by Crippen LogP contribution is 2.34. The summed E-state index contributed by atoms with van der Waals surface area (Å²) in [5, 5.41) is 3.92. The molecule has 0 saturated carbocycles. The minimum Gasteiger partial charge on any atom is -0.468 e. The van der Waals surface area contributed by atoms with Crippen LogP contribution in [0.4, 0.5) is 18.9 Å². The summed E-state index contributed by atoms with van der Waals surface area (Å²) in [5.74, 6) is 0.823. The Bertz CT molecular complexity index is 918. The Balaban J connectivity index is 1.64. The van der Waals surface area contributed by atoms with E-state index in [1.807, 2.05) is 12.1 Å². The molecule has 0 bridgehead atoms. The highest BCUT2D eigenvalue weighted by atomic mass is 19.4. The van der Waals surface area contributed by atoms with Gasteiger partial charge in [0.1, 0.15) is 11.5 Å². The van der Waals surface area contributed by atoms with Crippen molar-refractivity contribution < 1.29 is 17.6 Å². The van der Waals surface area contributed by atoms with E-state index in [1.54, 1.807) is 30.5 Å². The van der Waals surface area contributed by atoms with Crippen molar-refractivity contribution in [2.45, 2.75) is 31.5 Å². The standard InChI is InChI=1S/C21H22F3N3O/c22-21(23,24)20-13-17(15-7-2-3-8-16(15)26-20)25-14-18(19-9-6-12-28-19)27-10-4-1-5-11-27/h2-3,6-9,12-13,18H,1,4-5,10-11,14H2,(H,25,26). The van der Waals surface area contributed by atoms with Gasteiger partial charge in [-0.3, -0.25) is 4.90 Å². The number of fused-ring (bicyclic) bond motifs is 1. The molecule has 7 heteroatoms. The molecule has 0 amide bonds. The summed E-state index contributed by atoms with van der Waals surface area (Å²) in [5.41, 5.74) is -0.125. The lowest BCUT2D eigenvalue weighted by Crippen LogP contribution is -2.37. The molecule has 1 saturated heterocycles. The van der Waals surface area contributed by atoms with Crippen LogP contribution < -0.4 is 5.32 Å². The van der Waals surface area contributed by atoms with E-state index in [0.29, 0.717) is 23.1 Å². The summed E-state index contributed by atoms with van der Waals surface area (Å²) in [6.45, 7) is 2.37. The van der Waals surface area contributed by atoms with Gasteiger partial charge in [0, 0.05) is 17.6 Å². The third-order valence-electron chi connectivity index (χ3n) is 5.20. The monoisotopic (exact) mass is 389 g/mol. The Kier molecular flexibility index (Phi) is 5.26. The van der Waals surface area contributed by atoms with Crippen molar-refractivity contribution in [1.82, 2.24) is 9.88 Å². The van der Waals surface area contributed by atoms with Crippen molar-refractivity contribution in [1.29, 1.82) is 0 Å². The van der Waals surface area contributed by atoms with Gasteiger partial charge >= 0.3 is 6.18 Å². The molecule has 1 N–H and O–H groups in total. The van der Waals surface area contributed by atoms with E-state index in [9.17, 15) is 13.2 Å². The molecular formula is C21H22F3N3O. The van der Waals surface area contributed by atoms with E-state index in [1.165, 1.54) is 6.42 Å². The number of para-hydroxylation sites is 1. The largest absolute Gasteiger partial charge is 0.468 e. The summed E-state index contributed by atoms with van der Waals surface area (Å²) in [4.78, 5) is 6.12. The normalized spacial score (nSPS) is 17.0.